The Kier molecular flexibility index (Phi) is 5.69. The molecule has 0 fully saturated rings. The number of halogens is 1. The molecule has 0 spiro atoms. The molecule has 0 aliphatic carbocycles. The molecular formula is C18H21ClN2O4S2. The van der Waals surface area contributed by atoms with Crippen molar-refractivity contribution in [1.82, 2.24) is 0 Å². The lowest BCUT2D eigenvalue weighted by atomic mass is 10.0. The minimum atomic E-state index is -3.65. The smallest absolute Gasteiger partial charge is 0.236 e. The number of rotatable bonds is 6. The highest BCUT2D eigenvalue weighted by molar-refractivity contribution is 7.92. The van der Waals surface area contributed by atoms with Gasteiger partial charge in [-0.1, -0.05) is 29.8 Å². The van der Waals surface area contributed by atoms with E-state index in [9.17, 15) is 16.8 Å². The summed E-state index contributed by atoms with van der Waals surface area (Å²) in [4.78, 5) is 0. The van der Waals surface area contributed by atoms with E-state index in [-0.39, 0.29) is 11.5 Å². The molecule has 0 saturated heterocycles. The number of nitrogens with zero attached hydrogens (tertiary/aromatic N) is 1. The van der Waals surface area contributed by atoms with Crippen LogP contribution in [0.4, 0.5) is 11.4 Å². The molecule has 0 amide bonds. The Morgan fingerprint density at radius 1 is 1.07 bits per heavy atom. The first-order valence-corrected chi connectivity index (χ1v) is 12.2. The molecule has 0 radical (unpaired) electrons. The Hall–Kier alpha value is -1.77. The van der Waals surface area contributed by atoms with E-state index in [4.69, 9.17) is 11.6 Å². The van der Waals surface area contributed by atoms with Gasteiger partial charge in [-0.2, -0.15) is 0 Å². The summed E-state index contributed by atoms with van der Waals surface area (Å²) in [5.74, 6) is -0.197. The summed E-state index contributed by atoms with van der Waals surface area (Å²) >= 11 is 5.82. The maximum Gasteiger partial charge on any atom is 0.236 e. The van der Waals surface area contributed by atoms with E-state index in [1.165, 1.54) is 4.31 Å². The molecule has 3 rings (SSSR count). The molecule has 1 aliphatic heterocycles. The average molecular weight is 429 g/mol. The molecule has 9 heteroatoms. The second-order valence-corrected chi connectivity index (χ2v) is 10.7. The van der Waals surface area contributed by atoms with Gasteiger partial charge in [0.1, 0.15) is 0 Å². The van der Waals surface area contributed by atoms with Crippen molar-refractivity contribution in [3.63, 3.8) is 0 Å². The van der Waals surface area contributed by atoms with Gasteiger partial charge in [0.2, 0.25) is 20.0 Å². The van der Waals surface area contributed by atoms with E-state index in [1.807, 2.05) is 0 Å². The summed E-state index contributed by atoms with van der Waals surface area (Å²) < 4.78 is 53.6. The van der Waals surface area contributed by atoms with Gasteiger partial charge >= 0.3 is 0 Å². The molecule has 0 unspecified atom stereocenters. The van der Waals surface area contributed by atoms with Crippen LogP contribution in [0.3, 0.4) is 0 Å². The number of hydrogen-bond acceptors (Lipinski definition) is 4. The summed E-state index contributed by atoms with van der Waals surface area (Å²) in [5.41, 5.74) is 2.41. The first kappa shape index (κ1) is 20.0. The lowest BCUT2D eigenvalue weighted by molar-refractivity contribution is 0.587. The third-order valence-electron chi connectivity index (χ3n) is 4.41. The van der Waals surface area contributed by atoms with Crippen LogP contribution in [0.2, 0.25) is 5.02 Å². The predicted octanol–water partition coefficient (Wildman–Crippen LogP) is 3.38. The van der Waals surface area contributed by atoms with Crippen LogP contribution in [0.15, 0.2) is 42.5 Å². The molecule has 1 heterocycles. The highest BCUT2D eigenvalue weighted by Crippen LogP contribution is 2.32. The lowest BCUT2D eigenvalue weighted by Gasteiger charge is -2.30. The summed E-state index contributed by atoms with van der Waals surface area (Å²) in [7, 11) is -7.05. The molecule has 27 heavy (non-hydrogen) atoms. The van der Waals surface area contributed by atoms with E-state index in [1.54, 1.807) is 49.4 Å². The summed E-state index contributed by atoms with van der Waals surface area (Å²) in [6, 6.07) is 11.6. The quantitative estimate of drug-likeness (QED) is 0.764. The SMILES string of the molecule is CCS(=O)(=O)N1CCCc2ccc(NS(=O)(=O)Cc3ccc(Cl)cc3)cc21. The van der Waals surface area contributed by atoms with Gasteiger partial charge in [0, 0.05) is 11.6 Å². The zero-order valence-electron chi connectivity index (χ0n) is 14.9. The molecule has 2 aromatic carbocycles. The van der Waals surface area contributed by atoms with Crippen LogP contribution in [0.1, 0.15) is 24.5 Å². The van der Waals surface area contributed by atoms with Gasteiger partial charge in [-0.25, -0.2) is 16.8 Å². The van der Waals surface area contributed by atoms with Crippen LogP contribution in [-0.2, 0) is 32.2 Å². The van der Waals surface area contributed by atoms with Gasteiger partial charge in [0.15, 0.2) is 0 Å². The number of aryl methyl sites for hydroxylation is 1. The molecule has 1 aliphatic rings. The minimum absolute atomic E-state index is 0.00103. The van der Waals surface area contributed by atoms with Gasteiger partial charge in [-0.05, 0) is 55.2 Å². The predicted molar refractivity (Wildman–Crippen MR) is 109 cm³/mol. The molecule has 0 aromatic heterocycles. The fraction of sp³-hybridized carbons (Fsp3) is 0.333. The molecule has 6 nitrogen and oxygen atoms in total. The molecular weight excluding hydrogens is 408 g/mol. The topological polar surface area (TPSA) is 83.6 Å². The van der Waals surface area contributed by atoms with Crippen molar-refractivity contribution in [1.29, 1.82) is 0 Å². The Bertz CT molecular complexity index is 1040. The van der Waals surface area contributed by atoms with E-state index >= 15 is 0 Å². The Labute approximate surface area is 165 Å². The number of benzene rings is 2. The summed E-state index contributed by atoms with van der Waals surface area (Å²) in [6.07, 6.45) is 1.51. The Morgan fingerprint density at radius 2 is 1.78 bits per heavy atom. The second kappa shape index (κ2) is 7.69. The summed E-state index contributed by atoms with van der Waals surface area (Å²) in [5, 5.41) is 0.538. The standard InChI is InChI=1S/C18H21ClN2O4S2/c1-2-27(24,25)21-11-3-4-15-7-10-17(12-18(15)21)20-26(22,23)13-14-5-8-16(19)9-6-14/h5-10,12,20H,2-4,11,13H2,1H3. The van der Waals surface area contributed by atoms with Crippen molar-refractivity contribution >= 4 is 43.0 Å². The van der Waals surface area contributed by atoms with Crippen molar-refractivity contribution in [3.8, 4) is 0 Å². The third kappa shape index (κ3) is 4.75. The molecule has 0 atom stereocenters. The Balaban J connectivity index is 1.86. The van der Waals surface area contributed by atoms with E-state index < -0.39 is 20.0 Å². The summed E-state index contributed by atoms with van der Waals surface area (Å²) in [6.45, 7) is 2.01. The number of hydrogen-bond donors (Lipinski definition) is 1. The van der Waals surface area contributed by atoms with Gasteiger partial charge < -0.3 is 0 Å². The first-order valence-electron chi connectivity index (χ1n) is 8.58. The van der Waals surface area contributed by atoms with Crippen LogP contribution < -0.4 is 9.03 Å². The normalized spacial score (nSPS) is 14.7. The fourth-order valence-corrected chi connectivity index (χ4v) is 5.57. The van der Waals surface area contributed by atoms with Crippen molar-refractivity contribution in [3.05, 3.63) is 58.6 Å². The highest BCUT2D eigenvalue weighted by Gasteiger charge is 2.26. The molecule has 1 N–H and O–H groups in total. The zero-order valence-corrected chi connectivity index (χ0v) is 17.2. The van der Waals surface area contributed by atoms with Gasteiger partial charge in [-0.15, -0.1) is 0 Å². The number of sulfonamides is 2. The molecule has 2 aromatic rings. The van der Waals surface area contributed by atoms with Crippen molar-refractivity contribution in [2.24, 2.45) is 0 Å². The van der Waals surface area contributed by atoms with Crippen molar-refractivity contribution < 1.29 is 16.8 Å². The number of fused-ring (bicyclic) bond motifs is 1. The number of anilines is 2. The maximum atomic E-state index is 12.5. The molecule has 0 bridgehead atoms. The van der Waals surface area contributed by atoms with Crippen LogP contribution in [-0.4, -0.2) is 29.1 Å². The monoisotopic (exact) mass is 428 g/mol. The second-order valence-electron chi connectivity index (χ2n) is 6.41. The largest absolute Gasteiger partial charge is 0.283 e. The van der Waals surface area contributed by atoms with Crippen LogP contribution in [0, 0.1) is 0 Å². The van der Waals surface area contributed by atoms with Gasteiger partial charge in [0.05, 0.1) is 22.9 Å². The van der Waals surface area contributed by atoms with Crippen LogP contribution >= 0.6 is 11.6 Å². The first-order chi connectivity index (χ1) is 12.7. The van der Waals surface area contributed by atoms with E-state index in [0.717, 1.165) is 18.4 Å². The maximum absolute atomic E-state index is 12.5. The van der Waals surface area contributed by atoms with E-state index in [2.05, 4.69) is 4.72 Å². The lowest BCUT2D eigenvalue weighted by Crippen LogP contribution is -2.36. The van der Waals surface area contributed by atoms with Crippen molar-refractivity contribution in [2.75, 3.05) is 21.3 Å². The van der Waals surface area contributed by atoms with Crippen LogP contribution in [0.5, 0.6) is 0 Å². The Morgan fingerprint density at radius 3 is 2.44 bits per heavy atom. The number of nitrogens with one attached hydrogen (secondary N) is 1. The third-order valence-corrected chi connectivity index (χ3v) is 7.70. The van der Waals surface area contributed by atoms with Gasteiger partial charge in [0.25, 0.3) is 0 Å². The van der Waals surface area contributed by atoms with Crippen molar-refractivity contribution in [2.45, 2.75) is 25.5 Å². The minimum Gasteiger partial charge on any atom is -0.283 e. The fourth-order valence-electron chi connectivity index (χ4n) is 3.06. The van der Waals surface area contributed by atoms with E-state index in [0.29, 0.717) is 28.5 Å². The zero-order chi connectivity index (χ0) is 19.7. The highest BCUT2D eigenvalue weighted by atomic mass is 35.5. The molecule has 146 valence electrons. The average Bonchev–Trinajstić information content (AvgIpc) is 2.62. The molecule has 0 saturated carbocycles. The van der Waals surface area contributed by atoms with Crippen LogP contribution in [0.25, 0.3) is 0 Å². The van der Waals surface area contributed by atoms with Gasteiger partial charge in [-0.3, -0.25) is 9.03 Å².